The number of pyridine rings is 1. The van der Waals surface area contributed by atoms with E-state index in [2.05, 4.69) is 22.2 Å². The van der Waals surface area contributed by atoms with Gasteiger partial charge >= 0.3 is 6.03 Å². The minimum Gasteiger partial charge on any atom is -0.475 e. The Kier molecular flexibility index (Phi) is 8.53. The van der Waals surface area contributed by atoms with Crippen LogP contribution in [0.3, 0.4) is 0 Å². The first-order chi connectivity index (χ1) is 19.2. The summed E-state index contributed by atoms with van der Waals surface area (Å²) in [4.78, 5) is 47.5. The third-order valence-corrected chi connectivity index (χ3v) is 8.13. The van der Waals surface area contributed by atoms with Crippen LogP contribution in [0.1, 0.15) is 55.4 Å². The first-order valence-corrected chi connectivity index (χ1v) is 14.3. The molecule has 0 spiro atoms. The van der Waals surface area contributed by atoms with Gasteiger partial charge in [-0.1, -0.05) is 33.4 Å². The first kappa shape index (κ1) is 29.8. The molecule has 41 heavy (non-hydrogen) atoms. The number of nitrogens with one attached hydrogen (secondary N) is 2. The number of rotatable bonds is 6. The van der Waals surface area contributed by atoms with Crippen molar-refractivity contribution in [1.82, 2.24) is 14.8 Å². The molecule has 1 fully saturated rings. The van der Waals surface area contributed by atoms with Gasteiger partial charge in [-0.3, -0.25) is 14.9 Å². The largest absolute Gasteiger partial charge is 0.475 e. The van der Waals surface area contributed by atoms with E-state index in [1.165, 1.54) is 21.1 Å². The van der Waals surface area contributed by atoms with Crippen molar-refractivity contribution in [3.8, 4) is 17.0 Å². The Morgan fingerprint density at radius 1 is 1.10 bits per heavy atom. The molecule has 4 rings (SSSR count). The molecule has 2 N–H and O–H groups in total. The molecular weight excluding hydrogens is 538 g/mol. The summed E-state index contributed by atoms with van der Waals surface area (Å²) < 4.78 is 5.65. The average Bonchev–Trinajstić information content (AvgIpc) is 3.32. The number of aromatic nitrogens is 1. The topological polar surface area (TPSA) is 104 Å². The van der Waals surface area contributed by atoms with E-state index in [0.717, 1.165) is 21.6 Å². The van der Waals surface area contributed by atoms with Gasteiger partial charge in [-0.2, -0.15) is 0 Å². The zero-order chi connectivity index (χ0) is 30.1. The van der Waals surface area contributed by atoms with E-state index in [1.807, 2.05) is 71.9 Å². The molecule has 0 aliphatic carbocycles. The van der Waals surface area contributed by atoms with Crippen LogP contribution in [0.4, 0.5) is 15.5 Å². The van der Waals surface area contributed by atoms with Crippen molar-refractivity contribution in [3.05, 3.63) is 70.9 Å². The predicted octanol–water partition coefficient (Wildman–Crippen LogP) is 6.28. The number of likely N-dealkylation sites (N-methyl/N-ethyl adjacent to an activating group) is 1. The summed E-state index contributed by atoms with van der Waals surface area (Å²) in [5.41, 5.74) is 3.63. The second-order valence-corrected chi connectivity index (χ2v) is 12.4. The number of aryl methyl sites for hydroxylation is 1. The minimum atomic E-state index is -0.483. The van der Waals surface area contributed by atoms with E-state index in [0.29, 0.717) is 35.2 Å². The van der Waals surface area contributed by atoms with Crippen LogP contribution < -0.4 is 15.4 Å². The van der Waals surface area contributed by atoms with Gasteiger partial charge in [0.25, 0.3) is 11.8 Å². The smallest absolute Gasteiger partial charge is 0.324 e. The zero-order valence-corrected chi connectivity index (χ0v) is 25.4. The van der Waals surface area contributed by atoms with Crippen LogP contribution in [0.2, 0.25) is 0 Å². The maximum atomic E-state index is 13.6. The molecule has 1 aliphatic heterocycles. The molecule has 0 atom stereocenters. The number of ether oxygens (including phenoxy) is 1. The fraction of sp³-hybridized carbons (Fsp3) is 0.355. The number of nitrogens with zero attached hydrogens (tertiary/aromatic N) is 3. The SMILES string of the molecule is C=C1C(=O)N(C)CCN1C(=O)c1cc(C(C)(C)C)sc1NC(=O)Nc1ccc(C)c(-c2ccc(OC(C)C)nc2)c1. The second kappa shape index (κ2) is 11.7. The third-order valence-electron chi connectivity index (χ3n) is 6.65. The summed E-state index contributed by atoms with van der Waals surface area (Å²) in [5.74, 6) is -0.111. The molecule has 2 aromatic heterocycles. The van der Waals surface area contributed by atoms with Gasteiger partial charge in [-0.15, -0.1) is 11.3 Å². The summed E-state index contributed by atoms with van der Waals surface area (Å²) >= 11 is 1.34. The van der Waals surface area contributed by atoms with Gasteiger partial charge < -0.3 is 19.9 Å². The highest BCUT2D eigenvalue weighted by Gasteiger charge is 2.33. The Balaban J connectivity index is 1.56. The molecule has 216 valence electrons. The first-order valence-electron chi connectivity index (χ1n) is 13.5. The standard InChI is InChI=1S/C31H37N5O4S/c1-18(2)40-26-12-10-21(17-32-26)23-15-22(11-9-19(23)3)33-30(39)34-27-24(16-25(41-27)31(5,6)7)29(38)36-14-13-35(8)28(37)20(36)4/h9-12,15-18H,4,13-14H2,1-3,5-8H3,(H2,33,34,39). The number of hydrogen-bond acceptors (Lipinski definition) is 6. The van der Waals surface area contributed by atoms with Crippen molar-refractivity contribution in [2.45, 2.75) is 53.1 Å². The molecule has 0 saturated carbocycles. The van der Waals surface area contributed by atoms with E-state index in [4.69, 9.17) is 4.74 Å². The lowest BCUT2D eigenvalue weighted by Crippen LogP contribution is -2.48. The molecular formula is C31H37N5O4S. The van der Waals surface area contributed by atoms with Gasteiger partial charge in [0.15, 0.2) is 0 Å². The molecule has 1 saturated heterocycles. The monoisotopic (exact) mass is 575 g/mol. The highest BCUT2D eigenvalue weighted by atomic mass is 32.1. The van der Waals surface area contributed by atoms with Crippen molar-refractivity contribution in [2.24, 2.45) is 0 Å². The molecule has 1 aliphatic rings. The van der Waals surface area contributed by atoms with Crippen molar-refractivity contribution in [1.29, 1.82) is 0 Å². The number of anilines is 2. The number of benzene rings is 1. The Bertz CT molecular complexity index is 1490. The highest BCUT2D eigenvalue weighted by molar-refractivity contribution is 7.16. The van der Waals surface area contributed by atoms with Crippen molar-refractivity contribution >= 4 is 39.9 Å². The van der Waals surface area contributed by atoms with Crippen LogP contribution in [-0.2, 0) is 10.2 Å². The highest BCUT2D eigenvalue weighted by Crippen LogP contribution is 2.37. The van der Waals surface area contributed by atoms with E-state index in [-0.39, 0.29) is 29.0 Å². The fourth-order valence-corrected chi connectivity index (χ4v) is 5.43. The number of piperazine rings is 1. The Morgan fingerprint density at radius 2 is 1.83 bits per heavy atom. The summed E-state index contributed by atoms with van der Waals surface area (Å²) in [7, 11) is 1.68. The molecule has 4 amide bonds. The normalized spacial score (nSPS) is 14.0. The number of urea groups is 1. The minimum absolute atomic E-state index is 0.0302. The van der Waals surface area contributed by atoms with Gasteiger partial charge in [-0.05, 0) is 61.6 Å². The van der Waals surface area contributed by atoms with Gasteiger partial charge in [0.2, 0.25) is 5.88 Å². The van der Waals surface area contributed by atoms with E-state index in [9.17, 15) is 14.4 Å². The van der Waals surface area contributed by atoms with E-state index in [1.54, 1.807) is 19.3 Å². The molecule has 1 aromatic carbocycles. The lowest BCUT2D eigenvalue weighted by atomic mass is 9.94. The van der Waals surface area contributed by atoms with Gasteiger partial charge in [-0.25, -0.2) is 9.78 Å². The fourth-order valence-electron chi connectivity index (χ4n) is 4.33. The van der Waals surface area contributed by atoms with Crippen molar-refractivity contribution in [2.75, 3.05) is 30.8 Å². The lowest BCUT2D eigenvalue weighted by Gasteiger charge is -2.33. The summed E-state index contributed by atoms with van der Waals surface area (Å²) in [6, 6.07) is 10.7. The van der Waals surface area contributed by atoms with Crippen LogP contribution in [0, 0.1) is 6.92 Å². The maximum Gasteiger partial charge on any atom is 0.324 e. The summed E-state index contributed by atoms with van der Waals surface area (Å²) in [5, 5.41) is 6.17. The summed E-state index contributed by atoms with van der Waals surface area (Å²) in [6.45, 7) is 16.6. The van der Waals surface area contributed by atoms with Crippen LogP contribution in [0.5, 0.6) is 5.88 Å². The average molecular weight is 576 g/mol. The molecule has 9 nitrogen and oxygen atoms in total. The van der Waals surface area contributed by atoms with Crippen LogP contribution >= 0.6 is 11.3 Å². The van der Waals surface area contributed by atoms with Gasteiger partial charge in [0.1, 0.15) is 10.7 Å². The Hall–Kier alpha value is -4.18. The van der Waals surface area contributed by atoms with Gasteiger partial charge in [0.05, 0.1) is 11.7 Å². The Morgan fingerprint density at radius 3 is 2.46 bits per heavy atom. The van der Waals surface area contributed by atoms with Crippen LogP contribution in [0.25, 0.3) is 11.1 Å². The number of thiophene rings is 1. The molecule has 10 heteroatoms. The number of carbonyl (C=O) groups excluding carboxylic acids is 3. The number of carbonyl (C=O) groups is 3. The van der Waals surface area contributed by atoms with Crippen molar-refractivity contribution in [3.63, 3.8) is 0 Å². The molecule has 0 bridgehead atoms. The number of amides is 4. The van der Waals surface area contributed by atoms with Crippen molar-refractivity contribution < 1.29 is 19.1 Å². The van der Waals surface area contributed by atoms with Crippen LogP contribution in [0.15, 0.2) is 54.9 Å². The number of hydrogen-bond donors (Lipinski definition) is 2. The molecule has 3 aromatic rings. The van der Waals surface area contributed by atoms with E-state index < -0.39 is 6.03 Å². The van der Waals surface area contributed by atoms with E-state index >= 15 is 0 Å². The third kappa shape index (κ3) is 6.77. The lowest BCUT2D eigenvalue weighted by molar-refractivity contribution is -0.129. The second-order valence-electron chi connectivity index (χ2n) is 11.4. The van der Waals surface area contributed by atoms with Crippen LogP contribution in [-0.4, -0.2) is 58.9 Å². The molecule has 0 unspecified atom stereocenters. The molecule has 0 radical (unpaired) electrons. The zero-order valence-electron chi connectivity index (χ0n) is 24.6. The summed E-state index contributed by atoms with van der Waals surface area (Å²) in [6.07, 6.45) is 1.78. The Labute approximate surface area is 245 Å². The molecule has 3 heterocycles. The van der Waals surface area contributed by atoms with Gasteiger partial charge in [0, 0.05) is 48.5 Å². The predicted molar refractivity (Wildman–Crippen MR) is 164 cm³/mol. The maximum absolute atomic E-state index is 13.6. The quantitative estimate of drug-likeness (QED) is 0.337.